The molecule has 0 bridgehead atoms. The van der Waals surface area contributed by atoms with Crippen molar-refractivity contribution >= 4 is 11.9 Å². The topological polar surface area (TPSA) is 59.8 Å². The highest BCUT2D eigenvalue weighted by molar-refractivity contribution is 6.00. The molecule has 0 aliphatic carbocycles. The maximum atomic E-state index is 13.0. The van der Waals surface area contributed by atoms with E-state index in [-0.39, 0.29) is 17.8 Å². The molecule has 2 aromatic rings. The maximum absolute atomic E-state index is 13.0. The molecule has 0 saturated carbocycles. The molecule has 0 N–H and O–H groups in total. The number of piperidine rings is 1. The van der Waals surface area contributed by atoms with Crippen LogP contribution >= 0.6 is 0 Å². The van der Waals surface area contributed by atoms with Gasteiger partial charge in [-0.05, 0) is 38.0 Å². The van der Waals surface area contributed by atoms with E-state index in [1.54, 1.807) is 30.2 Å². The summed E-state index contributed by atoms with van der Waals surface area (Å²) in [5.74, 6) is 0.140. The maximum Gasteiger partial charge on any atom is 0.310 e. The van der Waals surface area contributed by atoms with Crippen molar-refractivity contribution in [3.63, 3.8) is 0 Å². The zero-order chi connectivity index (χ0) is 16.9. The summed E-state index contributed by atoms with van der Waals surface area (Å²) in [6, 6.07) is 11.0. The van der Waals surface area contributed by atoms with Gasteiger partial charge in [-0.2, -0.15) is 0 Å². The molecule has 1 unspecified atom stereocenters. The van der Waals surface area contributed by atoms with Crippen LogP contribution < -0.4 is 0 Å². The number of rotatable bonds is 4. The van der Waals surface area contributed by atoms with Gasteiger partial charge < -0.3 is 14.1 Å². The number of hydrogen-bond donors (Lipinski definition) is 0. The third kappa shape index (κ3) is 3.35. The van der Waals surface area contributed by atoms with Crippen LogP contribution in [0.3, 0.4) is 0 Å². The largest absolute Gasteiger partial charge is 0.466 e. The molecule has 5 heteroatoms. The zero-order valence-corrected chi connectivity index (χ0v) is 13.7. The number of carbonyl (C=O) groups is 2. The lowest BCUT2D eigenvalue weighted by molar-refractivity contribution is -0.149. The Morgan fingerprint density at radius 2 is 2.08 bits per heavy atom. The predicted molar refractivity (Wildman–Crippen MR) is 89.4 cm³/mol. The van der Waals surface area contributed by atoms with E-state index in [4.69, 9.17) is 9.15 Å². The van der Waals surface area contributed by atoms with Gasteiger partial charge in [0.2, 0.25) is 0 Å². The molecule has 0 spiro atoms. The average Bonchev–Trinajstić information content (AvgIpc) is 3.16. The molecule has 5 nitrogen and oxygen atoms in total. The summed E-state index contributed by atoms with van der Waals surface area (Å²) >= 11 is 0. The minimum atomic E-state index is -0.238. The molecule has 2 heterocycles. The number of carbonyl (C=O) groups excluding carboxylic acids is 2. The summed E-state index contributed by atoms with van der Waals surface area (Å²) in [5.41, 5.74) is 1.36. The Bertz CT molecular complexity index is 708. The summed E-state index contributed by atoms with van der Waals surface area (Å²) in [7, 11) is 0. The monoisotopic (exact) mass is 327 g/mol. The minimum absolute atomic E-state index is 0.0731. The van der Waals surface area contributed by atoms with Crippen molar-refractivity contribution in [3.8, 4) is 11.3 Å². The van der Waals surface area contributed by atoms with Crippen molar-refractivity contribution < 1.29 is 18.7 Å². The lowest BCUT2D eigenvalue weighted by Gasteiger charge is -2.32. The number of esters is 1. The number of hydrogen-bond acceptors (Lipinski definition) is 4. The normalized spacial score (nSPS) is 17.5. The van der Waals surface area contributed by atoms with Crippen LogP contribution in [-0.4, -0.2) is 36.5 Å². The lowest BCUT2D eigenvalue weighted by Crippen LogP contribution is -2.43. The van der Waals surface area contributed by atoms with E-state index in [2.05, 4.69) is 0 Å². The average molecular weight is 327 g/mol. The Balaban J connectivity index is 1.81. The van der Waals surface area contributed by atoms with Crippen molar-refractivity contribution in [2.24, 2.45) is 5.92 Å². The predicted octanol–water partition coefficient (Wildman–Crippen LogP) is 3.36. The molecule has 1 amide bonds. The van der Waals surface area contributed by atoms with Gasteiger partial charge in [0.1, 0.15) is 5.76 Å². The van der Waals surface area contributed by atoms with Crippen LogP contribution in [0.4, 0.5) is 0 Å². The van der Waals surface area contributed by atoms with Gasteiger partial charge in [-0.15, -0.1) is 0 Å². The number of furan rings is 1. The highest BCUT2D eigenvalue weighted by atomic mass is 16.5. The Hall–Kier alpha value is -2.56. The molecule has 1 atom stereocenters. The Labute approximate surface area is 141 Å². The van der Waals surface area contributed by atoms with Gasteiger partial charge in [0.25, 0.3) is 5.91 Å². The van der Waals surface area contributed by atoms with Crippen LogP contribution in [0.2, 0.25) is 0 Å². The number of amides is 1. The quantitative estimate of drug-likeness (QED) is 0.808. The van der Waals surface area contributed by atoms with Crippen molar-refractivity contribution in [1.29, 1.82) is 0 Å². The first kappa shape index (κ1) is 16.3. The summed E-state index contributed by atoms with van der Waals surface area (Å²) in [4.78, 5) is 26.7. The smallest absolute Gasteiger partial charge is 0.310 e. The van der Waals surface area contributed by atoms with Crippen LogP contribution in [0.5, 0.6) is 0 Å². The van der Waals surface area contributed by atoms with Crippen molar-refractivity contribution in [2.45, 2.75) is 19.8 Å². The van der Waals surface area contributed by atoms with E-state index in [0.29, 0.717) is 31.0 Å². The second-order valence-corrected chi connectivity index (χ2v) is 5.87. The fourth-order valence-corrected chi connectivity index (χ4v) is 3.10. The second kappa shape index (κ2) is 7.34. The van der Waals surface area contributed by atoms with E-state index in [0.717, 1.165) is 18.4 Å². The van der Waals surface area contributed by atoms with Crippen LogP contribution in [-0.2, 0) is 9.53 Å². The van der Waals surface area contributed by atoms with Crippen molar-refractivity contribution in [2.75, 3.05) is 19.7 Å². The summed E-state index contributed by atoms with van der Waals surface area (Å²) < 4.78 is 10.6. The highest BCUT2D eigenvalue weighted by Crippen LogP contribution is 2.27. The summed E-state index contributed by atoms with van der Waals surface area (Å²) in [6.07, 6.45) is 3.16. The van der Waals surface area contributed by atoms with Crippen molar-refractivity contribution in [1.82, 2.24) is 4.90 Å². The first-order valence-corrected chi connectivity index (χ1v) is 8.29. The fourth-order valence-electron chi connectivity index (χ4n) is 3.10. The Morgan fingerprint density at radius 1 is 1.25 bits per heavy atom. The van der Waals surface area contributed by atoms with Gasteiger partial charge in [0, 0.05) is 18.7 Å². The van der Waals surface area contributed by atoms with Gasteiger partial charge in [-0.25, -0.2) is 0 Å². The number of ether oxygens (including phenoxy) is 1. The first-order valence-electron chi connectivity index (χ1n) is 8.29. The second-order valence-electron chi connectivity index (χ2n) is 5.87. The number of nitrogens with zero attached hydrogens (tertiary/aromatic N) is 1. The fraction of sp³-hybridized carbons (Fsp3) is 0.368. The summed E-state index contributed by atoms with van der Waals surface area (Å²) in [6.45, 7) is 3.22. The molecule has 1 saturated heterocycles. The minimum Gasteiger partial charge on any atom is -0.466 e. The lowest BCUT2D eigenvalue weighted by atomic mass is 9.96. The molecule has 126 valence electrons. The molecule has 3 rings (SSSR count). The number of benzene rings is 1. The van der Waals surface area contributed by atoms with E-state index in [1.165, 1.54) is 0 Å². The molecule has 24 heavy (non-hydrogen) atoms. The van der Waals surface area contributed by atoms with Gasteiger partial charge >= 0.3 is 5.97 Å². The van der Waals surface area contributed by atoms with Gasteiger partial charge in [-0.3, -0.25) is 9.59 Å². The van der Waals surface area contributed by atoms with E-state index < -0.39 is 0 Å². The number of likely N-dealkylation sites (tertiary alicyclic amines) is 1. The van der Waals surface area contributed by atoms with Crippen LogP contribution in [0.1, 0.15) is 30.1 Å². The van der Waals surface area contributed by atoms with Gasteiger partial charge in [0.15, 0.2) is 0 Å². The van der Waals surface area contributed by atoms with Gasteiger partial charge in [-0.1, -0.05) is 18.2 Å². The Morgan fingerprint density at radius 3 is 2.83 bits per heavy atom. The molecular weight excluding hydrogens is 306 g/mol. The first-order chi connectivity index (χ1) is 11.7. The molecule has 0 radical (unpaired) electrons. The molecule has 1 aliphatic rings. The third-order valence-corrected chi connectivity index (χ3v) is 4.27. The van der Waals surface area contributed by atoms with Crippen LogP contribution in [0.15, 0.2) is 47.1 Å². The molecule has 1 aliphatic heterocycles. The molecular formula is C19H21NO4. The standard InChI is InChI=1S/C19H21NO4/c1-2-23-19(22)14-7-5-11-20(13-14)18(21)16-9-4-3-8-15(16)17-10-6-12-24-17/h3-4,6,8-10,12,14H,2,5,7,11,13H2,1H3. The molecule has 1 aromatic carbocycles. The zero-order valence-electron chi connectivity index (χ0n) is 13.7. The van der Waals surface area contributed by atoms with E-state index in [1.807, 2.05) is 24.3 Å². The Kier molecular flexibility index (Phi) is 4.99. The van der Waals surface area contributed by atoms with Gasteiger partial charge in [0.05, 0.1) is 24.4 Å². The van der Waals surface area contributed by atoms with E-state index in [9.17, 15) is 9.59 Å². The van der Waals surface area contributed by atoms with Crippen LogP contribution in [0, 0.1) is 5.92 Å². The third-order valence-electron chi connectivity index (χ3n) is 4.27. The highest BCUT2D eigenvalue weighted by Gasteiger charge is 2.30. The summed E-state index contributed by atoms with van der Waals surface area (Å²) in [5, 5.41) is 0. The molecule has 1 fully saturated rings. The molecule has 1 aromatic heterocycles. The van der Waals surface area contributed by atoms with E-state index >= 15 is 0 Å². The van der Waals surface area contributed by atoms with Crippen LogP contribution in [0.25, 0.3) is 11.3 Å². The SMILES string of the molecule is CCOC(=O)C1CCCN(C(=O)c2ccccc2-c2ccco2)C1. The van der Waals surface area contributed by atoms with Crippen molar-refractivity contribution in [3.05, 3.63) is 48.2 Å².